The molecule has 0 atom stereocenters. The van der Waals surface area contributed by atoms with Gasteiger partial charge in [-0.2, -0.15) is 4.98 Å². The average molecular weight is 347 g/mol. The SMILES string of the molecule is Cc1cc(C)c(-c2nc(-c3c(C)ncc4c3CCNC4)no2)o1.Cl. The van der Waals surface area contributed by atoms with Gasteiger partial charge in [0, 0.05) is 29.6 Å². The van der Waals surface area contributed by atoms with Crippen molar-refractivity contribution in [2.45, 2.75) is 33.7 Å². The molecule has 4 rings (SSSR count). The summed E-state index contributed by atoms with van der Waals surface area (Å²) in [6.07, 6.45) is 2.87. The van der Waals surface area contributed by atoms with E-state index in [1.54, 1.807) is 0 Å². The van der Waals surface area contributed by atoms with Crippen LogP contribution in [0.15, 0.2) is 21.2 Å². The summed E-state index contributed by atoms with van der Waals surface area (Å²) < 4.78 is 11.1. The first-order valence-electron chi connectivity index (χ1n) is 7.73. The van der Waals surface area contributed by atoms with Crippen LogP contribution in [0.1, 0.15) is 28.1 Å². The van der Waals surface area contributed by atoms with Crippen molar-refractivity contribution in [1.82, 2.24) is 20.4 Å². The van der Waals surface area contributed by atoms with Gasteiger partial charge in [-0.25, -0.2) is 0 Å². The Balaban J connectivity index is 0.00000169. The Bertz CT molecular complexity index is 885. The molecular weight excluding hydrogens is 328 g/mol. The van der Waals surface area contributed by atoms with Crippen LogP contribution in [0.5, 0.6) is 0 Å². The maximum atomic E-state index is 5.67. The quantitative estimate of drug-likeness (QED) is 0.766. The number of pyridine rings is 1. The van der Waals surface area contributed by atoms with Crippen LogP contribution in [0.4, 0.5) is 0 Å². The lowest BCUT2D eigenvalue weighted by molar-refractivity contribution is 0.413. The van der Waals surface area contributed by atoms with E-state index in [0.717, 1.165) is 42.1 Å². The number of nitrogens with zero attached hydrogens (tertiary/aromatic N) is 3. The fraction of sp³-hybridized carbons (Fsp3) is 0.353. The van der Waals surface area contributed by atoms with Crippen LogP contribution >= 0.6 is 12.4 Å². The molecule has 24 heavy (non-hydrogen) atoms. The Kier molecular flexibility index (Phi) is 4.43. The van der Waals surface area contributed by atoms with Gasteiger partial charge in [-0.1, -0.05) is 5.16 Å². The summed E-state index contributed by atoms with van der Waals surface area (Å²) in [6.45, 7) is 7.64. The van der Waals surface area contributed by atoms with E-state index in [4.69, 9.17) is 8.94 Å². The van der Waals surface area contributed by atoms with Crippen molar-refractivity contribution in [3.63, 3.8) is 0 Å². The minimum Gasteiger partial charge on any atom is -0.456 e. The standard InChI is InChI=1S/C17H18N4O2.ClH/c1-9-6-10(2)22-15(9)17-20-16(21-23-17)14-11(3)19-8-12-7-18-5-4-13(12)14;/h6,8,18H,4-5,7H2,1-3H3;1H. The van der Waals surface area contributed by atoms with E-state index in [-0.39, 0.29) is 12.4 Å². The number of fused-ring (bicyclic) bond motifs is 1. The first kappa shape index (κ1) is 16.7. The fourth-order valence-electron chi connectivity index (χ4n) is 3.14. The third-order valence-electron chi connectivity index (χ3n) is 4.22. The van der Waals surface area contributed by atoms with Crippen LogP contribution in [0.2, 0.25) is 0 Å². The van der Waals surface area contributed by atoms with Crippen LogP contribution in [-0.2, 0) is 13.0 Å². The summed E-state index contributed by atoms with van der Waals surface area (Å²) in [4.78, 5) is 9.05. The van der Waals surface area contributed by atoms with Crippen LogP contribution in [0, 0.1) is 20.8 Å². The van der Waals surface area contributed by atoms with Gasteiger partial charge in [-0.15, -0.1) is 12.4 Å². The summed E-state index contributed by atoms with van der Waals surface area (Å²) in [5.74, 6) is 2.46. The van der Waals surface area contributed by atoms with Crippen LogP contribution in [0.25, 0.3) is 23.0 Å². The van der Waals surface area contributed by atoms with Gasteiger partial charge in [-0.3, -0.25) is 4.98 Å². The van der Waals surface area contributed by atoms with Crippen LogP contribution in [0.3, 0.4) is 0 Å². The number of rotatable bonds is 2. The summed E-state index contributed by atoms with van der Waals surface area (Å²) in [7, 11) is 0. The van der Waals surface area contributed by atoms with E-state index in [1.807, 2.05) is 33.0 Å². The van der Waals surface area contributed by atoms with Gasteiger partial charge in [0.15, 0.2) is 5.76 Å². The number of hydrogen-bond acceptors (Lipinski definition) is 6. The zero-order valence-electron chi connectivity index (χ0n) is 13.8. The number of nitrogens with one attached hydrogen (secondary N) is 1. The molecule has 0 radical (unpaired) electrons. The van der Waals surface area contributed by atoms with E-state index >= 15 is 0 Å². The molecule has 1 aliphatic heterocycles. The molecule has 0 amide bonds. The second-order valence-electron chi connectivity index (χ2n) is 5.94. The number of halogens is 1. The molecule has 7 heteroatoms. The predicted molar refractivity (Wildman–Crippen MR) is 92.1 cm³/mol. The molecule has 3 aromatic heterocycles. The van der Waals surface area contributed by atoms with Gasteiger partial charge in [0.05, 0.1) is 0 Å². The zero-order chi connectivity index (χ0) is 16.0. The third-order valence-corrected chi connectivity index (χ3v) is 4.22. The zero-order valence-corrected chi connectivity index (χ0v) is 14.7. The molecule has 4 heterocycles. The van der Waals surface area contributed by atoms with Crippen molar-refractivity contribution in [3.8, 4) is 23.0 Å². The second-order valence-corrected chi connectivity index (χ2v) is 5.94. The Morgan fingerprint density at radius 1 is 1.21 bits per heavy atom. The number of aromatic nitrogens is 3. The van der Waals surface area contributed by atoms with Crippen molar-refractivity contribution < 1.29 is 8.94 Å². The van der Waals surface area contributed by atoms with Gasteiger partial charge in [0.2, 0.25) is 5.82 Å². The molecular formula is C17H19ClN4O2. The molecule has 0 saturated carbocycles. The summed E-state index contributed by atoms with van der Waals surface area (Å²) in [6, 6.07) is 1.96. The fourth-order valence-corrected chi connectivity index (χ4v) is 3.14. The van der Waals surface area contributed by atoms with E-state index in [0.29, 0.717) is 17.5 Å². The van der Waals surface area contributed by atoms with Crippen LogP contribution in [-0.4, -0.2) is 21.7 Å². The molecule has 1 aliphatic rings. The first-order valence-corrected chi connectivity index (χ1v) is 7.73. The maximum Gasteiger partial charge on any atom is 0.294 e. The van der Waals surface area contributed by atoms with Crippen molar-refractivity contribution >= 4 is 12.4 Å². The van der Waals surface area contributed by atoms with Gasteiger partial charge in [0.1, 0.15) is 5.76 Å². The molecule has 0 saturated heterocycles. The number of aryl methyl sites for hydroxylation is 3. The summed E-state index contributed by atoms with van der Waals surface area (Å²) in [5.41, 5.74) is 5.36. The minimum absolute atomic E-state index is 0. The monoisotopic (exact) mass is 346 g/mol. The first-order chi connectivity index (χ1) is 11.1. The topological polar surface area (TPSA) is 77.0 Å². The van der Waals surface area contributed by atoms with Crippen molar-refractivity contribution in [3.05, 3.63) is 40.4 Å². The molecule has 0 spiro atoms. The van der Waals surface area contributed by atoms with Crippen LogP contribution < -0.4 is 5.32 Å². The highest BCUT2D eigenvalue weighted by molar-refractivity contribution is 5.85. The molecule has 0 unspecified atom stereocenters. The highest BCUT2D eigenvalue weighted by atomic mass is 35.5. The average Bonchev–Trinajstić information content (AvgIpc) is 3.13. The van der Waals surface area contributed by atoms with E-state index in [9.17, 15) is 0 Å². The van der Waals surface area contributed by atoms with Gasteiger partial charge in [0.25, 0.3) is 5.89 Å². The largest absolute Gasteiger partial charge is 0.456 e. The Morgan fingerprint density at radius 3 is 2.79 bits per heavy atom. The third kappa shape index (κ3) is 2.72. The summed E-state index contributed by atoms with van der Waals surface area (Å²) >= 11 is 0. The smallest absolute Gasteiger partial charge is 0.294 e. The predicted octanol–water partition coefficient (Wildman–Crippen LogP) is 3.38. The normalized spacial score (nSPS) is 13.5. The molecule has 3 aromatic rings. The van der Waals surface area contributed by atoms with Crippen molar-refractivity contribution in [1.29, 1.82) is 0 Å². The van der Waals surface area contributed by atoms with Gasteiger partial charge >= 0.3 is 0 Å². The molecule has 0 bridgehead atoms. The highest BCUT2D eigenvalue weighted by Crippen LogP contribution is 2.31. The van der Waals surface area contributed by atoms with E-state index in [1.165, 1.54) is 11.1 Å². The maximum absolute atomic E-state index is 5.67. The number of furan rings is 1. The Labute approximate surface area is 146 Å². The van der Waals surface area contributed by atoms with Gasteiger partial charge in [-0.05, 0) is 50.9 Å². The lowest BCUT2D eigenvalue weighted by atomic mass is 9.95. The number of hydrogen-bond donors (Lipinski definition) is 1. The van der Waals surface area contributed by atoms with Crippen molar-refractivity contribution in [2.75, 3.05) is 6.54 Å². The molecule has 0 fully saturated rings. The molecule has 0 aromatic carbocycles. The van der Waals surface area contributed by atoms with Crippen molar-refractivity contribution in [2.24, 2.45) is 0 Å². The van der Waals surface area contributed by atoms with Gasteiger partial charge < -0.3 is 14.3 Å². The summed E-state index contributed by atoms with van der Waals surface area (Å²) in [5, 5.41) is 7.54. The molecule has 1 N–H and O–H groups in total. The second kappa shape index (κ2) is 6.37. The lowest BCUT2D eigenvalue weighted by Gasteiger charge is -2.19. The highest BCUT2D eigenvalue weighted by Gasteiger charge is 2.22. The minimum atomic E-state index is 0. The molecule has 126 valence electrons. The Morgan fingerprint density at radius 2 is 2.04 bits per heavy atom. The van der Waals surface area contributed by atoms with E-state index in [2.05, 4.69) is 20.4 Å². The Hall–Kier alpha value is -2.18. The lowest BCUT2D eigenvalue weighted by Crippen LogP contribution is -2.24. The van der Waals surface area contributed by atoms with E-state index < -0.39 is 0 Å². The molecule has 6 nitrogen and oxygen atoms in total. The molecule has 0 aliphatic carbocycles.